The Morgan fingerprint density at radius 3 is 2.21 bits per heavy atom. The lowest BCUT2D eigenvalue weighted by atomic mass is 9.90. The second kappa shape index (κ2) is 5.43. The first-order valence-electron chi connectivity index (χ1n) is 6.85. The van der Waals surface area contributed by atoms with E-state index in [1.165, 1.54) is 5.56 Å². The smallest absolute Gasteiger partial charge is 0.143 e. The summed E-state index contributed by atoms with van der Waals surface area (Å²) < 4.78 is 0. The van der Waals surface area contributed by atoms with Gasteiger partial charge in [-0.3, -0.25) is 4.79 Å². The number of ketones is 1. The van der Waals surface area contributed by atoms with E-state index < -0.39 is 18.1 Å². The number of benzene rings is 1. The van der Waals surface area contributed by atoms with Gasteiger partial charge >= 0.3 is 0 Å². The molecule has 3 nitrogen and oxygen atoms in total. The van der Waals surface area contributed by atoms with Crippen LogP contribution in [0.5, 0.6) is 0 Å². The van der Waals surface area contributed by atoms with E-state index in [0.717, 1.165) is 16.7 Å². The van der Waals surface area contributed by atoms with E-state index >= 15 is 0 Å². The van der Waals surface area contributed by atoms with Crippen molar-refractivity contribution in [2.45, 2.75) is 52.2 Å². The molecule has 1 aromatic rings. The van der Waals surface area contributed by atoms with Crippen molar-refractivity contribution in [3.8, 4) is 0 Å². The van der Waals surface area contributed by atoms with Crippen molar-refractivity contribution in [1.82, 2.24) is 0 Å². The summed E-state index contributed by atoms with van der Waals surface area (Å²) in [6, 6.07) is 4.16. The van der Waals surface area contributed by atoms with Crippen molar-refractivity contribution < 1.29 is 15.0 Å². The molecule has 1 aliphatic rings. The summed E-state index contributed by atoms with van der Waals surface area (Å²) in [6.45, 7) is 6.08. The van der Waals surface area contributed by atoms with Gasteiger partial charge in [0.1, 0.15) is 5.78 Å². The third-order valence-corrected chi connectivity index (χ3v) is 4.18. The SMILES string of the molecule is Cc1cc(C)c(CC(=O)C2CCC(O)C2O)c(C)c1. The minimum Gasteiger partial charge on any atom is -0.390 e. The molecule has 0 spiro atoms. The fourth-order valence-electron chi connectivity index (χ4n) is 3.11. The summed E-state index contributed by atoms with van der Waals surface area (Å²) in [7, 11) is 0. The second-order valence-electron chi connectivity index (χ2n) is 5.76. The van der Waals surface area contributed by atoms with Gasteiger partial charge in [-0.15, -0.1) is 0 Å². The molecule has 3 atom stereocenters. The molecule has 2 N–H and O–H groups in total. The highest BCUT2D eigenvalue weighted by Crippen LogP contribution is 2.29. The molecule has 0 amide bonds. The van der Waals surface area contributed by atoms with Crippen LogP contribution in [0.2, 0.25) is 0 Å². The van der Waals surface area contributed by atoms with Gasteiger partial charge in [-0.05, 0) is 50.3 Å². The van der Waals surface area contributed by atoms with Crippen molar-refractivity contribution in [3.63, 3.8) is 0 Å². The molecule has 0 heterocycles. The Bertz CT molecular complexity index is 470. The maximum atomic E-state index is 12.3. The van der Waals surface area contributed by atoms with Crippen LogP contribution in [-0.4, -0.2) is 28.2 Å². The normalized spacial score (nSPS) is 26.7. The lowest BCUT2D eigenvalue weighted by molar-refractivity contribution is -0.126. The van der Waals surface area contributed by atoms with Crippen LogP contribution in [-0.2, 0) is 11.2 Å². The predicted molar refractivity (Wildman–Crippen MR) is 74.1 cm³/mol. The Morgan fingerprint density at radius 1 is 1.16 bits per heavy atom. The molecule has 19 heavy (non-hydrogen) atoms. The summed E-state index contributed by atoms with van der Waals surface area (Å²) in [5, 5.41) is 19.3. The molecule has 3 heteroatoms. The molecule has 0 bridgehead atoms. The molecule has 0 aromatic heterocycles. The highest BCUT2D eigenvalue weighted by molar-refractivity contribution is 5.84. The number of aliphatic hydroxyl groups is 2. The highest BCUT2D eigenvalue weighted by Gasteiger charge is 2.37. The average molecular weight is 262 g/mol. The Morgan fingerprint density at radius 2 is 1.74 bits per heavy atom. The first-order chi connectivity index (χ1) is 8.90. The van der Waals surface area contributed by atoms with Gasteiger partial charge in [-0.2, -0.15) is 0 Å². The zero-order valence-corrected chi connectivity index (χ0v) is 11.8. The van der Waals surface area contributed by atoms with Crippen molar-refractivity contribution in [2.24, 2.45) is 5.92 Å². The lowest BCUT2D eigenvalue weighted by Gasteiger charge is -2.17. The lowest BCUT2D eigenvalue weighted by Crippen LogP contribution is -2.31. The Labute approximate surface area is 114 Å². The van der Waals surface area contributed by atoms with E-state index in [2.05, 4.69) is 12.1 Å². The first-order valence-corrected chi connectivity index (χ1v) is 6.85. The number of carbonyl (C=O) groups excluding carboxylic acids is 1. The summed E-state index contributed by atoms with van der Waals surface area (Å²) in [5.41, 5.74) is 4.50. The van der Waals surface area contributed by atoms with Gasteiger partial charge in [0.05, 0.1) is 12.2 Å². The van der Waals surface area contributed by atoms with Gasteiger partial charge in [0.15, 0.2) is 0 Å². The van der Waals surface area contributed by atoms with E-state index in [1.807, 2.05) is 20.8 Å². The van der Waals surface area contributed by atoms with Gasteiger partial charge < -0.3 is 10.2 Å². The summed E-state index contributed by atoms with van der Waals surface area (Å²) in [4.78, 5) is 12.3. The Hall–Kier alpha value is -1.19. The maximum Gasteiger partial charge on any atom is 0.143 e. The molecule has 1 aliphatic carbocycles. The monoisotopic (exact) mass is 262 g/mol. The van der Waals surface area contributed by atoms with E-state index in [4.69, 9.17) is 0 Å². The highest BCUT2D eigenvalue weighted by atomic mass is 16.3. The number of hydrogen-bond donors (Lipinski definition) is 2. The van der Waals surface area contributed by atoms with Crippen molar-refractivity contribution in [3.05, 3.63) is 34.4 Å². The summed E-state index contributed by atoms with van der Waals surface area (Å²) in [5.74, 6) is -0.366. The second-order valence-corrected chi connectivity index (χ2v) is 5.76. The fraction of sp³-hybridized carbons (Fsp3) is 0.562. The third kappa shape index (κ3) is 2.88. The number of hydrogen-bond acceptors (Lipinski definition) is 3. The zero-order valence-electron chi connectivity index (χ0n) is 11.8. The van der Waals surface area contributed by atoms with Crippen molar-refractivity contribution in [2.75, 3.05) is 0 Å². The van der Waals surface area contributed by atoms with Crippen molar-refractivity contribution in [1.29, 1.82) is 0 Å². The molecule has 1 aromatic carbocycles. The van der Waals surface area contributed by atoms with Crippen LogP contribution < -0.4 is 0 Å². The topological polar surface area (TPSA) is 57.5 Å². The Balaban J connectivity index is 2.16. The summed E-state index contributed by atoms with van der Waals surface area (Å²) >= 11 is 0. The molecular formula is C16H22O3. The largest absolute Gasteiger partial charge is 0.390 e. The zero-order chi connectivity index (χ0) is 14.2. The van der Waals surface area contributed by atoms with Crippen LogP contribution in [0.25, 0.3) is 0 Å². The molecule has 104 valence electrons. The van der Waals surface area contributed by atoms with Crippen LogP contribution in [0, 0.1) is 26.7 Å². The minimum atomic E-state index is -0.890. The number of aliphatic hydroxyl groups excluding tert-OH is 2. The standard InChI is InChI=1S/C16H22O3/c1-9-6-10(2)13(11(3)7-9)8-15(18)12-4-5-14(17)16(12)19/h6-7,12,14,16-17,19H,4-5,8H2,1-3H3. The van der Waals surface area contributed by atoms with Gasteiger partial charge in [-0.25, -0.2) is 0 Å². The van der Waals surface area contributed by atoms with Crippen molar-refractivity contribution >= 4 is 5.78 Å². The molecule has 1 saturated carbocycles. The van der Waals surface area contributed by atoms with Crippen LogP contribution in [0.4, 0.5) is 0 Å². The van der Waals surface area contributed by atoms with Crippen LogP contribution in [0.15, 0.2) is 12.1 Å². The molecule has 0 saturated heterocycles. The number of aryl methyl sites for hydroxylation is 3. The van der Waals surface area contributed by atoms with E-state index in [9.17, 15) is 15.0 Å². The fourth-order valence-corrected chi connectivity index (χ4v) is 3.11. The average Bonchev–Trinajstić information content (AvgIpc) is 2.64. The van der Waals surface area contributed by atoms with E-state index in [1.54, 1.807) is 0 Å². The van der Waals surface area contributed by atoms with Crippen LogP contribution >= 0.6 is 0 Å². The predicted octanol–water partition coefficient (Wildman–Crippen LogP) is 1.86. The van der Waals surface area contributed by atoms with Crippen LogP contribution in [0.3, 0.4) is 0 Å². The summed E-state index contributed by atoms with van der Waals surface area (Å²) in [6.07, 6.45) is -0.172. The quantitative estimate of drug-likeness (QED) is 0.874. The number of carbonyl (C=O) groups is 1. The van der Waals surface area contributed by atoms with E-state index in [0.29, 0.717) is 19.3 Å². The molecule has 2 rings (SSSR count). The molecular weight excluding hydrogens is 240 g/mol. The molecule has 3 unspecified atom stereocenters. The Kier molecular flexibility index (Phi) is 4.07. The first kappa shape index (κ1) is 14.2. The van der Waals surface area contributed by atoms with Gasteiger partial charge in [-0.1, -0.05) is 17.7 Å². The molecule has 1 fully saturated rings. The van der Waals surface area contributed by atoms with E-state index in [-0.39, 0.29) is 5.78 Å². The molecule has 0 aliphatic heterocycles. The third-order valence-electron chi connectivity index (χ3n) is 4.18. The number of rotatable bonds is 3. The minimum absolute atomic E-state index is 0.0408. The van der Waals surface area contributed by atoms with Crippen LogP contribution in [0.1, 0.15) is 35.1 Å². The van der Waals surface area contributed by atoms with Gasteiger partial charge in [0.2, 0.25) is 0 Å². The maximum absolute atomic E-state index is 12.3. The number of Topliss-reactive ketones (excluding diaryl/α,β-unsaturated/α-hetero) is 1. The molecule has 0 radical (unpaired) electrons. The van der Waals surface area contributed by atoms with Gasteiger partial charge in [0, 0.05) is 12.3 Å². The van der Waals surface area contributed by atoms with Gasteiger partial charge in [0.25, 0.3) is 0 Å².